The van der Waals surface area contributed by atoms with Crippen molar-refractivity contribution in [3.05, 3.63) is 17.3 Å². The van der Waals surface area contributed by atoms with E-state index in [9.17, 15) is 30.7 Å². The van der Waals surface area contributed by atoms with E-state index in [1.54, 1.807) is 0 Å². The Morgan fingerprint density at radius 2 is 1.74 bits per heavy atom. The summed E-state index contributed by atoms with van der Waals surface area (Å²) in [5.74, 6) is -2.75. The Hall–Kier alpha value is -1.74. The molecule has 108 valence electrons. The third-order valence-electron chi connectivity index (χ3n) is 1.85. The Labute approximate surface area is 101 Å². The van der Waals surface area contributed by atoms with Gasteiger partial charge in [-0.15, -0.1) is 13.2 Å². The first-order chi connectivity index (χ1) is 8.58. The van der Waals surface area contributed by atoms with Crippen LogP contribution in [0.25, 0.3) is 0 Å². The van der Waals surface area contributed by atoms with Crippen molar-refractivity contribution in [2.75, 3.05) is 7.11 Å². The highest BCUT2D eigenvalue weighted by Gasteiger charge is 2.40. The lowest BCUT2D eigenvalue weighted by Crippen LogP contribution is -2.20. The highest BCUT2D eigenvalue weighted by Crippen LogP contribution is 2.42. The molecular weight excluding hydrogens is 287 g/mol. The molecule has 0 bridgehead atoms. The van der Waals surface area contributed by atoms with Gasteiger partial charge in [0.1, 0.15) is 12.2 Å². The Morgan fingerprint density at radius 3 is 2.11 bits per heavy atom. The van der Waals surface area contributed by atoms with E-state index < -0.39 is 42.1 Å². The zero-order chi connectivity index (χ0) is 14.8. The molecule has 19 heavy (non-hydrogen) atoms. The van der Waals surface area contributed by atoms with Gasteiger partial charge in [0.2, 0.25) is 0 Å². The van der Waals surface area contributed by atoms with Crippen LogP contribution in [0.3, 0.4) is 0 Å². The number of hydrogen-bond donors (Lipinski definition) is 0. The van der Waals surface area contributed by atoms with E-state index in [4.69, 9.17) is 0 Å². The third-order valence-corrected chi connectivity index (χ3v) is 1.85. The van der Waals surface area contributed by atoms with Crippen molar-refractivity contribution in [2.24, 2.45) is 0 Å². The normalized spacial score (nSPS) is 12.4. The Balaban J connectivity index is 3.44. The molecule has 0 radical (unpaired) electrons. The summed E-state index contributed by atoms with van der Waals surface area (Å²) in [5, 5.41) is 0. The van der Waals surface area contributed by atoms with Gasteiger partial charge in [0.15, 0.2) is 5.75 Å². The lowest BCUT2D eigenvalue weighted by molar-refractivity contribution is -0.276. The maximum Gasteiger partial charge on any atom is 0.574 e. The molecule has 1 aromatic heterocycles. The monoisotopic (exact) mass is 293 g/mol. The molecule has 0 saturated carbocycles. The Bertz CT molecular complexity index is 455. The predicted octanol–water partition coefficient (Wildman–Crippen LogP) is 3.48. The van der Waals surface area contributed by atoms with Crippen molar-refractivity contribution in [3.63, 3.8) is 0 Å². The highest BCUT2D eigenvalue weighted by molar-refractivity contribution is 5.45. The van der Waals surface area contributed by atoms with Crippen LogP contribution in [0.15, 0.2) is 6.07 Å². The van der Waals surface area contributed by atoms with Gasteiger partial charge >= 0.3 is 12.5 Å². The second kappa shape index (κ2) is 5.10. The molecule has 0 aliphatic heterocycles. The molecule has 0 atom stereocenters. The van der Waals surface area contributed by atoms with Gasteiger partial charge in [-0.25, -0.2) is 9.37 Å². The van der Waals surface area contributed by atoms with Crippen LogP contribution in [0.1, 0.15) is 11.3 Å². The Morgan fingerprint density at radius 1 is 1.16 bits per heavy atom. The fourth-order valence-electron chi connectivity index (χ4n) is 1.22. The maximum absolute atomic E-state index is 12.6. The number of hydrogen-bond acceptors (Lipinski definition) is 3. The lowest BCUT2D eigenvalue weighted by atomic mass is 10.2. The van der Waals surface area contributed by atoms with Crippen molar-refractivity contribution in [3.8, 4) is 11.6 Å². The van der Waals surface area contributed by atoms with Gasteiger partial charge in [-0.05, 0) is 6.07 Å². The van der Waals surface area contributed by atoms with E-state index in [0.717, 1.165) is 0 Å². The van der Waals surface area contributed by atoms with Crippen molar-refractivity contribution in [2.45, 2.75) is 19.2 Å². The summed E-state index contributed by atoms with van der Waals surface area (Å²) < 4.78 is 93.7. The molecule has 1 heterocycles. The Kier molecular flexibility index (Phi) is 4.11. The number of pyridine rings is 1. The quantitative estimate of drug-likeness (QED) is 0.800. The predicted molar refractivity (Wildman–Crippen MR) is 47.3 cm³/mol. The first-order valence-electron chi connectivity index (χ1n) is 4.55. The number of methoxy groups -OCH3 is 1. The molecule has 0 unspecified atom stereocenters. The first-order valence-corrected chi connectivity index (χ1v) is 4.55. The van der Waals surface area contributed by atoms with Gasteiger partial charge in [-0.3, -0.25) is 0 Å². The third kappa shape index (κ3) is 3.86. The van der Waals surface area contributed by atoms with Crippen molar-refractivity contribution >= 4 is 0 Å². The maximum atomic E-state index is 12.6. The van der Waals surface area contributed by atoms with Gasteiger partial charge < -0.3 is 9.47 Å². The highest BCUT2D eigenvalue weighted by atomic mass is 19.4. The molecule has 0 saturated heterocycles. The van der Waals surface area contributed by atoms with Crippen molar-refractivity contribution in [1.82, 2.24) is 4.98 Å². The summed E-state index contributed by atoms with van der Waals surface area (Å²) in [6.45, 7) is -1.48. The molecule has 3 nitrogen and oxygen atoms in total. The number of ether oxygens (including phenoxy) is 2. The number of aromatic nitrogens is 1. The van der Waals surface area contributed by atoms with Crippen molar-refractivity contribution in [1.29, 1.82) is 0 Å². The minimum Gasteiger partial charge on any atom is -0.491 e. The summed E-state index contributed by atoms with van der Waals surface area (Å²) in [7, 11) is 0.713. The first kappa shape index (κ1) is 15.3. The largest absolute Gasteiger partial charge is 0.574 e. The van der Waals surface area contributed by atoms with Crippen molar-refractivity contribution < 1.29 is 40.2 Å². The van der Waals surface area contributed by atoms with Crippen LogP contribution in [0.2, 0.25) is 0 Å². The summed E-state index contributed by atoms with van der Waals surface area (Å²) in [6, 6.07) is 0.252. The molecular formula is C9H6F7NO2. The van der Waals surface area contributed by atoms with E-state index >= 15 is 0 Å². The van der Waals surface area contributed by atoms with Gasteiger partial charge in [-0.2, -0.15) is 13.2 Å². The SMILES string of the molecule is COc1c(C(F)(F)F)cc(CF)nc1OC(F)(F)F. The zero-order valence-electron chi connectivity index (χ0n) is 9.19. The van der Waals surface area contributed by atoms with Gasteiger partial charge in [0.05, 0.1) is 12.8 Å². The molecule has 0 N–H and O–H groups in total. The van der Waals surface area contributed by atoms with Crippen LogP contribution in [0.5, 0.6) is 11.6 Å². The molecule has 0 aliphatic rings. The number of nitrogens with zero attached hydrogens (tertiary/aromatic N) is 1. The van der Waals surface area contributed by atoms with Crippen LogP contribution in [0, 0.1) is 0 Å². The minimum absolute atomic E-state index is 0.252. The smallest absolute Gasteiger partial charge is 0.491 e. The zero-order valence-corrected chi connectivity index (χ0v) is 9.19. The molecule has 10 heteroatoms. The molecule has 1 rings (SSSR count). The summed E-state index contributed by atoms with van der Waals surface area (Å²) in [5.41, 5.74) is -2.45. The van der Waals surface area contributed by atoms with Gasteiger partial charge in [-0.1, -0.05) is 0 Å². The second-order valence-corrected chi connectivity index (χ2v) is 3.18. The number of alkyl halides is 7. The minimum atomic E-state index is -5.28. The van der Waals surface area contributed by atoms with Crippen LogP contribution >= 0.6 is 0 Å². The molecule has 0 aliphatic carbocycles. The van der Waals surface area contributed by atoms with E-state index in [-0.39, 0.29) is 6.07 Å². The molecule has 0 fully saturated rings. The molecule has 0 aromatic carbocycles. The second-order valence-electron chi connectivity index (χ2n) is 3.18. The molecule has 1 aromatic rings. The topological polar surface area (TPSA) is 31.4 Å². The van der Waals surface area contributed by atoms with Crippen LogP contribution < -0.4 is 9.47 Å². The summed E-state index contributed by atoms with van der Waals surface area (Å²) in [6.07, 6.45) is -10.3. The summed E-state index contributed by atoms with van der Waals surface area (Å²) >= 11 is 0. The van der Waals surface area contributed by atoms with Crippen LogP contribution in [-0.4, -0.2) is 18.5 Å². The molecule has 0 amide bonds. The fourth-order valence-corrected chi connectivity index (χ4v) is 1.22. The summed E-state index contributed by atoms with van der Waals surface area (Å²) in [4.78, 5) is 2.98. The molecule has 0 spiro atoms. The standard InChI is InChI=1S/C9H6F7NO2/c1-18-6-5(8(11,12)13)2-4(3-10)17-7(6)19-9(14,15)16/h2H,3H2,1H3. The average molecular weight is 293 g/mol. The van der Waals surface area contributed by atoms with E-state index in [1.807, 2.05) is 0 Å². The van der Waals surface area contributed by atoms with E-state index in [2.05, 4.69) is 14.5 Å². The van der Waals surface area contributed by atoms with Crippen LogP contribution in [0.4, 0.5) is 30.7 Å². The number of halogens is 7. The lowest BCUT2D eigenvalue weighted by Gasteiger charge is -2.17. The van der Waals surface area contributed by atoms with Crippen LogP contribution in [-0.2, 0) is 12.9 Å². The number of rotatable bonds is 3. The van der Waals surface area contributed by atoms with Gasteiger partial charge in [0, 0.05) is 0 Å². The average Bonchev–Trinajstić information content (AvgIpc) is 2.24. The van der Waals surface area contributed by atoms with Gasteiger partial charge in [0.25, 0.3) is 5.88 Å². The van der Waals surface area contributed by atoms with E-state index in [0.29, 0.717) is 7.11 Å². The fraction of sp³-hybridized carbons (Fsp3) is 0.444. The van der Waals surface area contributed by atoms with E-state index in [1.165, 1.54) is 0 Å².